The van der Waals surface area contributed by atoms with Gasteiger partial charge in [-0.25, -0.2) is 15.0 Å². The Labute approximate surface area is 209 Å². The number of rotatable bonds is 5. The Morgan fingerprint density at radius 2 is 2.03 bits per heavy atom. The first-order valence-electron chi connectivity index (χ1n) is 11.3. The number of hydrogen-bond acceptors (Lipinski definition) is 7. The Hall–Kier alpha value is -3.57. The van der Waals surface area contributed by atoms with Crippen molar-refractivity contribution in [2.24, 2.45) is 5.73 Å². The standard InChI is InChI=1S/C24H25BrN8O2/c1-13-5-7-17(24(35)31-19-4-2-3-18(25)30-19)33(13)20(34)11-32-16-8-6-14(10-26)9-15(16)21-22(27)28-12-29-23(21)32/h2-4,6,8-9,12-13,17H,5,7,10-11,26H2,1H3,(H2,27,28,29)(H,30,31,35)/t13-,17+/m1/s1. The van der Waals surface area contributed by atoms with Gasteiger partial charge in [0.2, 0.25) is 11.8 Å². The molecule has 180 valence electrons. The molecule has 3 aromatic heterocycles. The van der Waals surface area contributed by atoms with Gasteiger partial charge in [-0.1, -0.05) is 12.1 Å². The van der Waals surface area contributed by atoms with Crippen molar-refractivity contribution < 1.29 is 9.59 Å². The van der Waals surface area contributed by atoms with Gasteiger partial charge in [0.05, 0.1) is 10.9 Å². The van der Waals surface area contributed by atoms with Crippen molar-refractivity contribution in [3.63, 3.8) is 0 Å². The van der Waals surface area contributed by atoms with Gasteiger partial charge < -0.3 is 26.3 Å². The van der Waals surface area contributed by atoms with E-state index in [1.807, 2.05) is 29.7 Å². The zero-order valence-electron chi connectivity index (χ0n) is 19.1. The fourth-order valence-electron chi connectivity index (χ4n) is 4.84. The number of carbonyl (C=O) groups excluding carboxylic acids is 2. The summed E-state index contributed by atoms with van der Waals surface area (Å²) in [5, 5.41) is 4.37. The molecule has 0 saturated carbocycles. The SMILES string of the molecule is C[C@@H]1CC[C@@H](C(=O)Nc2cccc(Br)n2)N1C(=O)Cn1c2ccc(CN)cc2c2c(N)ncnc21. The third-order valence-electron chi connectivity index (χ3n) is 6.49. The number of nitrogens with zero attached hydrogens (tertiary/aromatic N) is 5. The quantitative estimate of drug-likeness (QED) is 0.332. The molecule has 11 heteroatoms. The highest BCUT2D eigenvalue weighted by Crippen LogP contribution is 2.32. The van der Waals surface area contributed by atoms with Crippen molar-refractivity contribution >= 4 is 61.3 Å². The van der Waals surface area contributed by atoms with E-state index in [1.165, 1.54) is 6.33 Å². The monoisotopic (exact) mass is 536 g/mol. The lowest BCUT2D eigenvalue weighted by molar-refractivity contribution is -0.138. The average Bonchev–Trinajstić information content (AvgIpc) is 3.37. The first kappa shape index (κ1) is 23.2. The van der Waals surface area contributed by atoms with Gasteiger partial charge in [0.1, 0.15) is 40.8 Å². The Bertz CT molecular complexity index is 1450. The van der Waals surface area contributed by atoms with Crippen LogP contribution in [0, 0.1) is 0 Å². The molecule has 0 aliphatic carbocycles. The Morgan fingerprint density at radius 1 is 1.20 bits per heavy atom. The van der Waals surface area contributed by atoms with Crippen molar-refractivity contribution in [1.29, 1.82) is 0 Å². The predicted octanol–water partition coefficient (Wildman–Crippen LogP) is 2.80. The number of hydrogen-bond donors (Lipinski definition) is 3. The maximum absolute atomic E-state index is 13.6. The van der Waals surface area contributed by atoms with Crippen LogP contribution < -0.4 is 16.8 Å². The Balaban J connectivity index is 1.47. The lowest BCUT2D eigenvalue weighted by Gasteiger charge is -2.28. The van der Waals surface area contributed by atoms with E-state index < -0.39 is 6.04 Å². The van der Waals surface area contributed by atoms with Crippen LogP contribution >= 0.6 is 15.9 Å². The largest absolute Gasteiger partial charge is 0.383 e. The number of nitrogens with two attached hydrogens (primary N) is 2. The number of benzene rings is 1. The van der Waals surface area contributed by atoms with Crippen LogP contribution in [-0.4, -0.2) is 48.3 Å². The lowest BCUT2D eigenvalue weighted by Crippen LogP contribution is -2.47. The fourth-order valence-corrected chi connectivity index (χ4v) is 5.18. The van der Waals surface area contributed by atoms with Crippen LogP contribution in [0.2, 0.25) is 0 Å². The van der Waals surface area contributed by atoms with Gasteiger partial charge in [-0.05, 0) is 65.5 Å². The smallest absolute Gasteiger partial charge is 0.248 e. The number of anilines is 2. The number of halogens is 1. The highest BCUT2D eigenvalue weighted by atomic mass is 79.9. The van der Waals surface area contributed by atoms with Gasteiger partial charge in [0.15, 0.2) is 0 Å². The number of amides is 2. The minimum absolute atomic E-state index is 0.0156. The number of carbonyl (C=O) groups is 2. The third-order valence-corrected chi connectivity index (χ3v) is 6.93. The van der Waals surface area contributed by atoms with Gasteiger partial charge in [-0.15, -0.1) is 0 Å². The zero-order chi connectivity index (χ0) is 24.7. The molecule has 1 aromatic carbocycles. The molecule has 1 saturated heterocycles. The van der Waals surface area contributed by atoms with Crippen LogP contribution in [0.15, 0.2) is 47.3 Å². The molecule has 1 fully saturated rings. The van der Waals surface area contributed by atoms with Crippen LogP contribution in [0.1, 0.15) is 25.3 Å². The number of fused-ring (bicyclic) bond motifs is 3. The van der Waals surface area contributed by atoms with Crippen molar-refractivity contribution in [3.8, 4) is 0 Å². The number of aromatic nitrogens is 4. The molecule has 0 bridgehead atoms. The van der Waals surface area contributed by atoms with Gasteiger partial charge >= 0.3 is 0 Å². The lowest BCUT2D eigenvalue weighted by atomic mass is 10.1. The number of likely N-dealkylation sites (tertiary alicyclic amines) is 1. The van der Waals surface area contributed by atoms with Crippen molar-refractivity contribution in [1.82, 2.24) is 24.4 Å². The molecule has 0 radical (unpaired) electrons. The first-order valence-corrected chi connectivity index (χ1v) is 12.1. The molecule has 1 aliphatic heterocycles. The predicted molar refractivity (Wildman–Crippen MR) is 137 cm³/mol. The van der Waals surface area contributed by atoms with Crippen LogP contribution in [0.4, 0.5) is 11.6 Å². The van der Waals surface area contributed by atoms with Crippen LogP contribution in [0.25, 0.3) is 21.9 Å². The highest BCUT2D eigenvalue weighted by molar-refractivity contribution is 9.10. The molecule has 0 unspecified atom stereocenters. The summed E-state index contributed by atoms with van der Waals surface area (Å²) in [5.41, 5.74) is 14.4. The van der Waals surface area contributed by atoms with E-state index in [0.29, 0.717) is 40.2 Å². The van der Waals surface area contributed by atoms with Crippen LogP contribution in [0.3, 0.4) is 0 Å². The van der Waals surface area contributed by atoms with Gasteiger partial charge in [-0.3, -0.25) is 9.59 Å². The van der Waals surface area contributed by atoms with Gasteiger partial charge in [0, 0.05) is 18.0 Å². The normalized spacial score (nSPS) is 17.9. The fraction of sp³-hybridized carbons (Fsp3) is 0.292. The summed E-state index contributed by atoms with van der Waals surface area (Å²) in [6.07, 6.45) is 2.70. The molecule has 10 nitrogen and oxygen atoms in total. The van der Waals surface area contributed by atoms with Crippen molar-refractivity contribution in [3.05, 3.63) is 52.9 Å². The summed E-state index contributed by atoms with van der Waals surface area (Å²) in [7, 11) is 0. The summed E-state index contributed by atoms with van der Waals surface area (Å²) < 4.78 is 2.45. The van der Waals surface area contributed by atoms with E-state index in [4.69, 9.17) is 11.5 Å². The molecule has 5 rings (SSSR count). The van der Waals surface area contributed by atoms with E-state index in [-0.39, 0.29) is 24.4 Å². The maximum atomic E-state index is 13.6. The number of nitrogen functional groups attached to an aromatic ring is 1. The Morgan fingerprint density at radius 3 is 2.80 bits per heavy atom. The summed E-state index contributed by atoms with van der Waals surface area (Å²) >= 11 is 3.31. The highest BCUT2D eigenvalue weighted by Gasteiger charge is 2.39. The maximum Gasteiger partial charge on any atom is 0.248 e. The van der Waals surface area contributed by atoms with E-state index >= 15 is 0 Å². The van der Waals surface area contributed by atoms with Crippen LogP contribution in [-0.2, 0) is 22.7 Å². The second-order valence-corrected chi connectivity index (χ2v) is 9.49. The van der Waals surface area contributed by atoms with Crippen molar-refractivity contribution in [2.75, 3.05) is 11.1 Å². The summed E-state index contributed by atoms with van der Waals surface area (Å²) in [6, 6.07) is 10.4. The summed E-state index contributed by atoms with van der Waals surface area (Å²) in [5.74, 6) is 0.348. The molecular formula is C24H25BrN8O2. The molecule has 2 atom stereocenters. The van der Waals surface area contributed by atoms with Gasteiger partial charge in [0.25, 0.3) is 0 Å². The number of nitrogens with one attached hydrogen (secondary N) is 1. The summed E-state index contributed by atoms with van der Waals surface area (Å²) in [4.78, 5) is 41.3. The molecule has 4 aromatic rings. The first-order chi connectivity index (χ1) is 16.9. The minimum Gasteiger partial charge on any atom is -0.383 e. The molecule has 35 heavy (non-hydrogen) atoms. The Kier molecular flexibility index (Phi) is 6.12. The van der Waals surface area contributed by atoms with Crippen LogP contribution in [0.5, 0.6) is 0 Å². The summed E-state index contributed by atoms with van der Waals surface area (Å²) in [6.45, 7) is 2.35. The molecule has 4 heterocycles. The van der Waals surface area contributed by atoms with E-state index in [2.05, 4.69) is 36.2 Å². The molecule has 2 amide bonds. The van der Waals surface area contributed by atoms with E-state index in [1.54, 1.807) is 23.1 Å². The average molecular weight is 537 g/mol. The molecule has 0 spiro atoms. The number of pyridine rings is 1. The van der Waals surface area contributed by atoms with Crippen molar-refractivity contribution in [2.45, 2.75) is 44.9 Å². The van der Waals surface area contributed by atoms with E-state index in [0.717, 1.165) is 22.9 Å². The third kappa shape index (κ3) is 4.21. The zero-order valence-corrected chi connectivity index (χ0v) is 20.7. The topological polar surface area (TPSA) is 145 Å². The second-order valence-electron chi connectivity index (χ2n) is 8.68. The molecule has 5 N–H and O–H groups in total. The van der Waals surface area contributed by atoms with Gasteiger partial charge in [-0.2, -0.15) is 0 Å². The minimum atomic E-state index is -0.588. The van der Waals surface area contributed by atoms with E-state index in [9.17, 15) is 9.59 Å². The molecular weight excluding hydrogens is 512 g/mol. The second kappa shape index (κ2) is 9.23. The molecule has 1 aliphatic rings.